The zero-order valence-electron chi connectivity index (χ0n) is 18.5. The van der Waals surface area contributed by atoms with Gasteiger partial charge in [0.05, 0.1) is 18.2 Å². The van der Waals surface area contributed by atoms with Crippen molar-refractivity contribution < 1.29 is 19.4 Å². The second-order valence-corrected chi connectivity index (χ2v) is 8.75. The zero-order valence-corrected chi connectivity index (χ0v) is 18.5. The van der Waals surface area contributed by atoms with Crippen molar-refractivity contribution in [3.05, 3.63) is 62.9 Å². The van der Waals surface area contributed by atoms with Crippen LogP contribution in [0.2, 0.25) is 0 Å². The standard InChI is InChI=1S/C23H28N4O6/c1-23(32)8-11-26(15-18(23)27-10-7-19(28)24-22(27)31)21(30)16-4-2-5-17(14-16)33-13-12-25-9-3-6-20(25)29/h2,4-5,7,10,14,18,32H,3,6,8-9,11-13,15H2,1H3,(H,24,28,31)/t18-,23-/m1/s1. The van der Waals surface area contributed by atoms with Crippen LogP contribution in [0.5, 0.6) is 5.75 Å². The molecule has 33 heavy (non-hydrogen) atoms. The summed E-state index contributed by atoms with van der Waals surface area (Å²) in [6.45, 7) is 3.65. The number of amides is 2. The van der Waals surface area contributed by atoms with Gasteiger partial charge in [0.25, 0.3) is 11.5 Å². The Labute approximate surface area is 190 Å². The first-order valence-corrected chi connectivity index (χ1v) is 11.1. The van der Waals surface area contributed by atoms with Gasteiger partial charge in [-0.3, -0.25) is 23.9 Å². The molecule has 0 bridgehead atoms. The van der Waals surface area contributed by atoms with Gasteiger partial charge in [-0.15, -0.1) is 0 Å². The fourth-order valence-corrected chi connectivity index (χ4v) is 4.39. The Morgan fingerprint density at radius 3 is 2.79 bits per heavy atom. The van der Waals surface area contributed by atoms with E-state index in [4.69, 9.17) is 4.74 Å². The summed E-state index contributed by atoms with van der Waals surface area (Å²) in [6, 6.07) is 7.33. The summed E-state index contributed by atoms with van der Waals surface area (Å²) < 4.78 is 7.03. The number of aliphatic hydroxyl groups is 1. The number of carbonyl (C=O) groups is 2. The smallest absolute Gasteiger partial charge is 0.328 e. The first-order chi connectivity index (χ1) is 15.7. The summed E-state index contributed by atoms with van der Waals surface area (Å²) in [4.78, 5) is 54.2. The SMILES string of the molecule is C[C@@]1(O)CCN(C(=O)c2cccc(OCCN3CCCC3=O)c2)C[C@H]1n1ccc(=O)[nH]c1=O. The number of aromatic amines is 1. The molecule has 2 aliphatic rings. The summed E-state index contributed by atoms with van der Waals surface area (Å²) >= 11 is 0. The van der Waals surface area contributed by atoms with Gasteiger partial charge in [-0.25, -0.2) is 4.79 Å². The Kier molecular flexibility index (Phi) is 6.37. The van der Waals surface area contributed by atoms with Crippen LogP contribution in [-0.4, -0.2) is 74.7 Å². The molecule has 0 saturated carbocycles. The predicted octanol–water partition coefficient (Wildman–Crippen LogP) is 0.376. The molecule has 4 rings (SSSR count). The summed E-state index contributed by atoms with van der Waals surface area (Å²) in [6.07, 6.45) is 3.07. The molecule has 0 unspecified atom stereocenters. The number of rotatable bonds is 6. The third-order valence-corrected chi connectivity index (χ3v) is 6.36. The molecule has 2 N–H and O–H groups in total. The molecule has 0 aliphatic carbocycles. The van der Waals surface area contributed by atoms with Gasteiger partial charge < -0.3 is 19.6 Å². The number of nitrogens with zero attached hydrogens (tertiary/aromatic N) is 3. The third kappa shape index (κ3) is 5.00. The monoisotopic (exact) mass is 456 g/mol. The van der Waals surface area contributed by atoms with E-state index in [-0.39, 0.29) is 24.8 Å². The van der Waals surface area contributed by atoms with Crippen LogP contribution in [-0.2, 0) is 4.79 Å². The van der Waals surface area contributed by atoms with Crippen molar-refractivity contribution in [2.75, 3.05) is 32.8 Å². The minimum Gasteiger partial charge on any atom is -0.492 e. The fraction of sp³-hybridized carbons (Fsp3) is 0.478. The first kappa shape index (κ1) is 22.8. The lowest BCUT2D eigenvalue weighted by Gasteiger charge is -2.43. The van der Waals surface area contributed by atoms with E-state index in [9.17, 15) is 24.3 Å². The van der Waals surface area contributed by atoms with E-state index in [1.807, 2.05) is 0 Å². The van der Waals surface area contributed by atoms with E-state index in [0.29, 0.717) is 37.4 Å². The second-order valence-electron chi connectivity index (χ2n) is 8.75. The molecule has 2 fully saturated rings. The van der Waals surface area contributed by atoms with Crippen LogP contribution in [0, 0.1) is 0 Å². The van der Waals surface area contributed by atoms with Gasteiger partial charge in [0, 0.05) is 43.9 Å². The molecule has 2 amide bonds. The molecule has 10 nitrogen and oxygen atoms in total. The number of H-pyrrole nitrogens is 1. The van der Waals surface area contributed by atoms with E-state index in [1.54, 1.807) is 41.0 Å². The molecular weight excluding hydrogens is 428 g/mol. The van der Waals surface area contributed by atoms with Gasteiger partial charge in [-0.1, -0.05) is 6.07 Å². The quantitative estimate of drug-likeness (QED) is 0.647. The molecule has 10 heteroatoms. The molecule has 176 valence electrons. The number of carbonyl (C=O) groups excluding carboxylic acids is 2. The van der Waals surface area contributed by atoms with Crippen molar-refractivity contribution >= 4 is 11.8 Å². The van der Waals surface area contributed by atoms with Crippen molar-refractivity contribution in [2.45, 2.75) is 37.8 Å². The highest BCUT2D eigenvalue weighted by Gasteiger charge is 2.41. The maximum absolute atomic E-state index is 13.2. The van der Waals surface area contributed by atoms with Crippen molar-refractivity contribution in [2.24, 2.45) is 0 Å². The molecule has 2 saturated heterocycles. The Morgan fingerprint density at radius 2 is 2.06 bits per heavy atom. The molecule has 1 aromatic carbocycles. The summed E-state index contributed by atoms with van der Waals surface area (Å²) in [5, 5.41) is 10.9. The molecule has 0 spiro atoms. The molecule has 3 heterocycles. The van der Waals surface area contributed by atoms with Crippen LogP contribution in [0.4, 0.5) is 0 Å². The lowest BCUT2D eigenvalue weighted by atomic mass is 9.87. The van der Waals surface area contributed by atoms with E-state index >= 15 is 0 Å². The fourth-order valence-electron chi connectivity index (χ4n) is 4.39. The van der Waals surface area contributed by atoms with Crippen LogP contribution in [0.25, 0.3) is 0 Å². The molecule has 0 radical (unpaired) electrons. The van der Waals surface area contributed by atoms with Crippen LogP contribution in [0.3, 0.4) is 0 Å². The highest BCUT2D eigenvalue weighted by atomic mass is 16.5. The molecule has 2 aliphatic heterocycles. The summed E-state index contributed by atoms with van der Waals surface area (Å²) in [7, 11) is 0. The third-order valence-electron chi connectivity index (χ3n) is 6.36. The number of likely N-dealkylation sites (tertiary alicyclic amines) is 2. The van der Waals surface area contributed by atoms with Gasteiger partial charge in [0.1, 0.15) is 12.4 Å². The Morgan fingerprint density at radius 1 is 1.24 bits per heavy atom. The Hall–Kier alpha value is -3.40. The van der Waals surface area contributed by atoms with Gasteiger partial charge in [-0.05, 0) is 38.0 Å². The van der Waals surface area contributed by atoms with Gasteiger partial charge in [0.2, 0.25) is 5.91 Å². The van der Waals surface area contributed by atoms with Gasteiger partial charge in [-0.2, -0.15) is 0 Å². The van der Waals surface area contributed by atoms with E-state index in [1.165, 1.54) is 16.8 Å². The van der Waals surface area contributed by atoms with Crippen LogP contribution in [0.1, 0.15) is 42.6 Å². The Balaban J connectivity index is 1.45. The first-order valence-electron chi connectivity index (χ1n) is 11.1. The maximum atomic E-state index is 13.2. The van der Waals surface area contributed by atoms with Crippen molar-refractivity contribution in [1.82, 2.24) is 19.4 Å². The van der Waals surface area contributed by atoms with Crippen LogP contribution < -0.4 is 16.0 Å². The average Bonchev–Trinajstić information content (AvgIpc) is 3.19. The van der Waals surface area contributed by atoms with Crippen LogP contribution in [0.15, 0.2) is 46.1 Å². The molecule has 2 atom stereocenters. The number of piperidine rings is 1. The van der Waals surface area contributed by atoms with Gasteiger partial charge >= 0.3 is 5.69 Å². The molecule has 2 aromatic rings. The number of ether oxygens (including phenoxy) is 1. The maximum Gasteiger partial charge on any atom is 0.328 e. The number of benzene rings is 1. The van der Waals surface area contributed by atoms with E-state index in [0.717, 1.165) is 13.0 Å². The Bertz CT molecular complexity index is 1150. The lowest BCUT2D eigenvalue weighted by molar-refractivity contribution is -0.128. The largest absolute Gasteiger partial charge is 0.492 e. The van der Waals surface area contributed by atoms with Crippen molar-refractivity contribution in [1.29, 1.82) is 0 Å². The lowest BCUT2D eigenvalue weighted by Crippen LogP contribution is -2.54. The topological polar surface area (TPSA) is 125 Å². The van der Waals surface area contributed by atoms with Crippen molar-refractivity contribution in [3.63, 3.8) is 0 Å². The normalized spacial score (nSPS) is 23.1. The van der Waals surface area contributed by atoms with Crippen LogP contribution >= 0.6 is 0 Å². The number of hydrogen-bond donors (Lipinski definition) is 2. The predicted molar refractivity (Wildman–Crippen MR) is 119 cm³/mol. The summed E-state index contributed by atoms with van der Waals surface area (Å²) in [5.41, 5.74) is -1.95. The van der Waals surface area contributed by atoms with E-state index < -0.39 is 22.9 Å². The molecule has 1 aromatic heterocycles. The number of hydrogen-bond acceptors (Lipinski definition) is 6. The van der Waals surface area contributed by atoms with Crippen molar-refractivity contribution in [3.8, 4) is 5.75 Å². The molecular formula is C23H28N4O6. The average molecular weight is 456 g/mol. The van der Waals surface area contributed by atoms with E-state index in [2.05, 4.69) is 4.98 Å². The van der Waals surface area contributed by atoms with Gasteiger partial charge in [0.15, 0.2) is 0 Å². The number of nitrogens with one attached hydrogen (secondary N) is 1. The highest BCUT2D eigenvalue weighted by Crippen LogP contribution is 2.31. The zero-order chi connectivity index (χ0) is 23.6. The summed E-state index contributed by atoms with van der Waals surface area (Å²) in [5.74, 6) is 0.428. The number of aromatic nitrogens is 2. The minimum absolute atomic E-state index is 0.111. The highest BCUT2D eigenvalue weighted by molar-refractivity contribution is 5.94. The second kappa shape index (κ2) is 9.22. The minimum atomic E-state index is -1.23.